The lowest BCUT2D eigenvalue weighted by molar-refractivity contribution is -0.385. The second-order valence-corrected chi connectivity index (χ2v) is 11.1. The van der Waals surface area contributed by atoms with Crippen LogP contribution in [0.4, 0.5) is 5.69 Å². The van der Waals surface area contributed by atoms with E-state index in [-0.39, 0.29) is 16.3 Å². The van der Waals surface area contributed by atoms with Crippen molar-refractivity contribution in [3.05, 3.63) is 39.4 Å². The number of carbonyl (C=O) groups excluding carboxylic acids is 1. The first-order chi connectivity index (χ1) is 8.97. The first kappa shape index (κ1) is 16.4. The van der Waals surface area contributed by atoms with Gasteiger partial charge in [-0.1, -0.05) is 26.8 Å². The number of carbonyl (C=O) groups is 1. The van der Waals surface area contributed by atoms with Crippen molar-refractivity contribution in [3.63, 3.8) is 0 Å². The number of nitro groups is 1. The number of nitro benzene ring substituents is 1. The highest BCUT2D eigenvalue weighted by Gasteiger charge is 2.41. The van der Waals surface area contributed by atoms with Crippen molar-refractivity contribution in [2.24, 2.45) is 0 Å². The Balaban J connectivity index is 3.12. The van der Waals surface area contributed by atoms with E-state index in [4.69, 9.17) is 4.43 Å². The molecule has 0 bridgehead atoms. The van der Waals surface area contributed by atoms with Crippen LogP contribution in [0.2, 0.25) is 18.1 Å². The molecule has 0 aliphatic heterocycles. The second-order valence-electron chi connectivity index (χ2n) is 6.36. The van der Waals surface area contributed by atoms with Gasteiger partial charge < -0.3 is 4.43 Å². The van der Waals surface area contributed by atoms with Crippen molar-refractivity contribution in [2.45, 2.75) is 45.8 Å². The normalized spacial score (nSPS) is 12.1. The Morgan fingerprint density at radius 3 is 2.30 bits per heavy atom. The quantitative estimate of drug-likeness (QED) is 0.479. The zero-order valence-corrected chi connectivity index (χ0v) is 13.8. The molecule has 0 heterocycles. The van der Waals surface area contributed by atoms with Crippen LogP contribution in [0.3, 0.4) is 0 Å². The molecule has 1 aromatic carbocycles. The second kappa shape index (κ2) is 5.36. The summed E-state index contributed by atoms with van der Waals surface area (Å²) in [6.45, 7) is 11.6. The van der Waals surface area contributed by atoms with Crippen molar-refractivity contribution >= 4 is 20.0 Å². The van der Waals surface area contributed by atoms with Gasteiger partial charge >= 0.3 is 5.97 Å². The number of hydrogen-bond donors (Lipinski definition) is 0. The van der Waals surface area contributed by atoms with E-state index < -0.39 is 19.2 Å². The minimum atomic E-state index is -2.24. The van der Waals surface area contributed by atoms with Gasteiger partial charge in [0.1, 0.15) is 0 Å². The molecule has 0 spiro atoms. The average Bonchev–Trinajstić information content (AvgIpc) is 2.26. The van der Waals surface area contributed by atoms with Crippen LogP contribution < -0.4 is 0 Å². The molecular formula is C14H21NO4Si. The van der Waals surface area contributed by atoms with Gasteiger partial charge in [0.25, 0.3) is 14.0 Å². The molecule has 0 saturated heterocycles. The number of nitrogens with zero attached hydrogens (tertiary/aromatic N) is 1. The highest BCUT2D eigenvalue weighted by atomic mass is 28.4. The molecule has 0 aliphatic rings. The predicted octanol–water partition coefficient (Wildman–Crippen LogP) is 4.07. The van der Waals surface area contributed by atoms with Crippen LogP contribution in [-0.2, 0) is 4.43 Å². The van der Waals surface area contributed by atoms with Gasteiger partial charge in [-0.15, -0.1) is 0 Å². The Hall–Kier alpha value is -1.69. The van der Waals surface area contributed by atoms with E-state index in [0.717, 1.165) is 0 Å². The van der Waals surface area contributed by atoms with Gasteiger partial charge in [0, 0.05) is 11.6 Å². The van der Waals surface area contributed by atoms with Gasteiger partial charge in [0.05, 0.1) is 10.5 Å². The molecule has 0 aromatic heterocycles. The van der Waals surface area contributed by atoms with Crippen LogP contribution in [0.15, 0.2) is 18.2 Å². The van der Waals surface area contributed by atoms with Crippen LogP contribution in [0.5, 0.6) is 0 Å². The lowest BCUT2D eigenvalue weighted by Gasteiger charge is -2.35. The maximum atomic E-state index is 12.3. The summed E-state index contributed by atoms with van der Waals surface area (Å²) in [5.41, 5.74) is 0.555. The third-order valence-corrected chi connectivity index (χ3v) is 8.18. The van der Waals surface area contributed by atoms with Crippen molar-refractivity contribution in [2.75, 3.05) is 0 Å². The molecule has 0 aliphatic carbocycles. The van der Waals surface area contributed by atoms with E-state index in [2.05, 4.69) is 0 Å². The minimum Gasteiger partial charge on any atom is -0.516 e. The number of rotatable bonds is 3. The fourth-order valence-electron chi connectivity index (χ4n) is 1.48. The molecule has 5 nitrogen and oxygen atoms in total. The maximum absolute atomic E-state index is 12.3. The fraction of sp³-hybridized carbons (Fsp3) is 0.500. The molecule has 0 saturated carbocycles. The van der Waals surface area contributed by atoms with E-state index in [9.17, 15) is 14.9 Å². The molecule has 0 amide bonds. The Morgan fingerprint density at radius 1 is 1.30 bits per heavy atom. The molecule has 0 unspecified atom stereocenters. The lowest BCUT2D eigenvalue weighted by Crippen LogP contribution is -2.42. The third kappa shape index (κ3) is 3.25. The Morgan fingerprint density at radius 2 is 1.85 bits per heavy atom. The van der Waals surface area contributed by atoms with Crippen molar-refractivity contribution < 1.29 is 14.1 Å². The Labute approximate surface area is 120 Å². The summed E-state index contributed by atoms with van der Waals surface area (Å²) in [7, 11) is -2.24. The summed E-state index contributed by atoms with van der Waals surface area (Å²) in [5, 5.41) is 10.8. The molecule has 20 heavy (non-hydrogen) atoms. The van der Waals surface area contributed by atoms with Crippen molar-refractivity contribution in [1.29, 1.82) is 0 Å². The highest BCUT2D eigenvalue weighted by molar-refractivity contribution is 6.75. The molecule has 0 N–H and O–H groups in total. The van der Waals surface area contributed by atoms with E-state index in [1.165, 1.54) is 12.1 Å². The Bertz CT molecular complexity index is 547. The number of hydrogen-bond acceptors (Lipinski definition) is 4. The molecule has 110 valence electrons. The summed E-state index contributed by atoms with van der Waals surface area (Å²) >= 11 is 0. The Kier molecular flexibility index (Phi) is 4.38. The van der Waals surface area contributed by atoms with Crippen LogP contribution in [0.25, 0.3) is 0 Å². The zero-order valence-electron chi connectivity index (χ0n) is 12.8. The van der Waals surface area contributed by atoms with Gasteiger partial charge in [-0.25, -0.2) is 4.79 Å². The van der Waals surface area contributed by atoms with Crippen LogP contribution in [0, 0.1) is 17.0 Å². The van der Waals surface area contributed by atoms with Crippen molar-refractivity contribution in [1.82, 2.24) is 0 Å². The molecule has 1 aromatic rings. The van der Waals surface area contributed by atoms with Gasteiger partial charge in [-0.2, -0.15) is 0 Å². The number of benzene rings is 1. The van der Waals surface area contributed by atoms with Gasteiger partial charge in [-0.05, 0) is 31.1 Å². The SMILES string of the molecule is Cc1c(C(=O)O[Si](C)(C)C(C)(C)C)cccc1[N+](=O)[O-]. The van der Waals surface area contributed by atoms with Crippen LogP contribution >= 0.6 is 0 Å². The van der Waals surface area contributed by atoms with E-state index in [0.29, 0.717) is 5.56 Å². The maximum Gasteiger partial charge on any atom is 0.325 e. The van der Waals surface area contributed by atoms with Gasteiger partial charge in [0.2, 0.25) is 0 Å². The minimum absolute atomic E-state index is 0.0605. The summed E-state index contributed by atoms with van der Waals surface area (Å²) in [4.78, 5) is 22.7. The summed E-state index contributed by atoms with van der Waals surface area (Å²) < 4.78 is 5.68. The highest BCUT2D eigenvalue weighted by Crippen LogP contribution is 2.37. The van der Waals surface area contributed by atoms with E-state index >= 15 is 0 Å². The fourth-order valence-corrected chi connectivity index (χ4v) is 2.36. The molecular weight excluding hydrogens is 274 g/mol. The standard InChI is InChI=1S/C14H21NO4Si/c1-10-11(8-7-9-12(10)15(17)18)13(16)19-20(5,6)14(2,3)4/h7-9H,1-6H3. The summed E-state index contributed by atoms with van der Waals surface area (Å²) in [6, 6.07) is 4.46. The van der Waals surface area contributed by atoms with Crippen LogP contribution in [0.1, 0.15) is 36.7 Å². The molecule has 1 rings (SSSR count). The van der Waals surface area contributed by atoms with E-state index in [1.54, 1.807) is 13.0 Å². The lowest BCUT2D eigenvalue weighted by atomic mass is 10.1. The topological polar surface area (TPSA) is 69.4 Å². The van der Waals surface area contributed by atoms with E-state index in [1.807, 2.05) is 33.9 Å². The molecule has 0 fully saturated rings. The largest absolute Gasteiger partial charge is 0.516 e. The van der Waals surface area contributed by atoms with Gasteiger partial charge in [-0.3, -0.25) is 10.1 Å². The first-order valence-electron chi connectivity index (χ1n) is 6.45. The van der Waals surface area contributed by atoms with Crippen molar-refractivity contribution in [3.8, 4) is 0 Å². The third-order valence-electron chi connectivity index (χ3n) is 3.88. The summed E-state index contributed by atoms with van der Waals surface area (Å²) in [6.07, 6.45) is 0. The summed E-state index contributed by atoms with van der Waals surface area (Å²) in [5.74, 6) is -0.474. The first-order valence-corrected chi connectivity index (χ1v) is 9.35. The molecule has 0 atom stereocenters. The monoisotopic (exact) mass is 295 g/mol. The average molecular weight is 295 g/mol. The zero-order chi connectivity index (χ0) is 15.7. The molecule has 0 radical (unpaired) electrons. The predicted molar refractivity (Wildman–Crippen MR) is 80.4 cm³/mol. The molecule has 6 heteroatoms. The van der Waals surface area contributed by atoms with Gasteiger partial charge in [0.15, 0.2) is 0 Å². The van der Waals surface area contributed by atoms with Crippen LogP contribution in [-0.4, -0.2) is 19.2 Å². The smallest absolute Gasteiger partial charge is 0.325 e.